The van der Waals surface area contributed by atoms with E-state index in [9.17, 15) is 47.4 Å². The average molecular weight is 783 g/mol. The molecule has 1 aliphatic heterocycles. The zero-order chi connectivity index (χ0) is 41.0. The number of hydrogen-bond acceptors (Lipinski definition) is 8. The van der Waals surface area contributed by atoms with E-state index in [2.05, 4.69) is 20.9 Å². The summed E-state index contributed by atoms with van der Waals surface area (Å²) in [7, 11) is 0. The summed E-state index contributed by atoms with van der Waals surface area (Å²) in [6, 6.07) is 18.2. The maximum atomic E-state index is 13.9. The van der Waals surface area contributed by atoms with Crippen LogP contribution in [0.5, 0.6) is 5.75 Å². The molecule has 1 aliphatic rings. The van der Waals surface area contributed by atoms with Crippen molar-refractivity contribution in [3.8, 4) is 5.75 Å². The zero-order valence-corrected chi connectivity index (χ0v) is 29.8. The first-order valence-electron chi connectivity index (χ1n) is 17.4. The zero-order valence-electron chi connectivity index (χ0n) is 29.8. The molecular formula is C38H41F3N6O9. The summed E-state index contributed by atoms with van der Waals surface area (Å²) in [6.07, 6.45) is -2.32. The molecule has 0 bridgehead atoms. The third-order valence-corrected chi connectivity index (χ3v) is 8.91. The van der Waals surface area contributed by atoms with Gasteiger partial charge in [-0.2, -0.15) is 13.2 Å². The number of nitrogens with two attached hydrogens (primary N) is 1. The molecule has 0 radical (unpaired) electrons. The second-order valence-electron chi connectivity index (χ2n) is 12.9. The Morgan fingerprint density at radius 2 is 1.41 bits per heavy atom. The Labute approximate surface area is 318 Å². The first-order chi connectivity index (χ1) is 26.6. The highest BCUT2D eigenvalue weighted by molar-refractivity contribution is 5.96. The first kappa shape index (κ1) is 42.3. The third-order valence-electron chi connectivity index (χ3n) is 8.91. The Hall–Kier alpha value is -6.43. The van der Waals surface area contributed by atoms with E-state index in [1.54, 1.807) is 42.6 Å². The van der Waals surface area contributed by atoms with Crippen LogP contribution >= 0.6 is 0 Å². The Morgan fingerprint density at radius 1 is 0.804 bits per heavy atom. The number of aromatic amines is 1. The number of rotatable bonds is 14. The molecule has 5 rings (SSSR count). The van der Waals surface area contributed by atoms with Gasteiger partial charge in [-0.3, -0.25) is 19.2 Å². The molecule has 0 aliphatic carbocycles. The fourth-order valence-electron chi connectivity index (χ4n) is 6.14. The number of phenols is 1. The molecule has 1 aromatic heterocycles. The number of amides is 4. The molecule has 2 heterocycles. The lowest BCUT2D eigenvalue weighted by atomic mass is 10.0. The van der Waals surface area contributed by atoms with Crippen LogP contribution in [0.2, 0.25) is 0 Å². The number of benzene rings is 3. The number of aromatic hydroxyl groups is 1. The van der Waals surface area contributed by atoms with Crippen molar-refractivity contribution < 1.29 is 57.3 Å². The highest BCUT2D eigenvalue weighted by Gasteiger charge is 2.40. The molecular weight excluding hydrogens is 741 g/mol. The van der Waals surface area contributed by atoms with Crippen LogP contribution in [0.4, 0.5) is 13.2 Å². The molecule has 15 nitrogen and oxygen atoms in total. The maximum Gasteiger partial charge on any atom is 0.490 e. The van der Waals surface area contributed by atoms with Gasteiger partial charge in [-0.25, -0.2) is 9.59 Å². The number of H-pyrrole nitrogens is 1. The number of aliphatic carboxylic acids is 2. The minimum Gasteiger partial charge on any atom is -0.508 e. The average Bonchev–Trinajstić information content (AvgIpc) is 3.83. The Balaban J connectivity index is 0.000000908. The van der Waals surface area contributed by atoms with Crippen molar-refractivity contribution in [1.29, 1.82) is 0 Å². The summed E-state index contributed by atoms with van der Waals surface area (Å²) < 4.78 is 31.7. The lowest BCUT2D eigenvalue weighted by molar-refractivity contribution is -0.192. The molecule has 9 N–H and O–H groups in total. The van der Waals surface area contributed by atoms with Gasteiger partial charge in [0.1, 0.15) is 29.9 Å². The van der Waals surface area contributed by atoms with E-state index in [1.807, 2.05) is 30.3 Å². The van der Waals surface area contributed by atoms with Gasteiger partial charge in [0.15, 0.2) is 0 Å². The minimum atomic E-state index is -5.08. The van der Waals surface area contributed by atoms with E-state index < -0.39 is 65.9 Å². The number of carbonyl (C=O) groups is 6. The molecule has 4 atom stereocenters. The van der Waals surface area contributed by atoms with E-state index in [0.717, 1.165) is 22.0 Å². The van der Waals surface area contributed by atoms with Crippen LogP contribution in [0.15, 0.2) is 85.1 Å². The predicted molar refractivity (Wildman–Crippen MR) is 195 cm³/mol. The number of aromatic nitrogens is 1. The van der Waals surface area contributed by atoms with E-state index in [0.29, 0.717) is 18.4 Å². The quantitative estimate of drug-likeness (QED) is 0.0925. The Morgan fingerprint density at radius 3 is 2.04 bits per heavy atom. The number of carbonyl (C=O) groups excluding carboxylic acids is 4. The summed E-state index contributed by atoms with van der Waals surface area (Å²) in [5.41, 5.74) is 8.49. The molecule has 1 fully saturated rings. The summed E-state index contributed by atoms with van der Waals surface area (Å²) in [6.45, 7) is -0.0888. The normalized spacial score (nSPS) is 15.4. The van der Waals surface area contributed by atoms with Crippen LogP contribution < -0.4 is 21.7 Å². The number of alkyl halides is 3. The number of carboxylic acids is 2. The topological polar surface area (TPSA) is 244 Å². The van der Waals surface area contributed by atoms with Gasteiger partial charge in [-0.1, -0.05) is 60.7 Å². The summed E-state index contributed by atoms with van der Waals surface area (Å²) >= 11 is 0. The summed E-state index contributed by atoms with van der Waals surface area (Å²) in [5, 5.41) is 35.7. The molecule has 0 unspecified atom stereocenters. The van der Waals surface area contributed by atoms with Gasteiger partial charge in [0.05, 0.1) is 6.54 Å². The fraction of sp³-hybridized carbons (Fsp3) is 0.316. The van der Waals surface area contributed by atoms with E-state index in [1.165, 1.54) is 17.0 Å². The number of nitrogens with zero attached hydrogens (tertiary/aromatic N) is 1. The lowest BCUT2D eigenvalue weighted by Gasteiger charge is -2.30. The smallest absolute Gasteiger partial charge is 0.490 e. The van der Waals surface area contributed by atoms with Crippen LogP contribution in [-0.4, -0.2) is 104 Å². The number of fused-ring (bicyclic) bond motifs is 1. The van der Waals surface area contributed by atoms with Gasteiger partial charge in [-0.05, 0) is 47.7 Å². The molecule has 0 spiro atoms. The maximum absolute atomic E-state index is 13.9. The number of para-hydroxylation sites is 1. The second kappa shape index (κ2) is 19.2. The molecule has 4 aromatic rings. The first-order valence-corrected chi connectivity index (χ1v) is 17.4. The van der Waals surface area contributed by atoms with Crippen LogP contribution in [0.3, 0.4) is 0 Å². The number of carboxylic acid groups (broad SMARTS) is 2. The van der Waals surface area contributed by atoms with Crippen molar-refractivity contribution in [2.75, 3.05) is 13.1 Å². The van der Waals surface area contributed by atoms with Crippen LogP contribution in [0.25, 0.3) is 10.9 Å². The predicted octanol–water partition coefficient (Wildman–Crippen LogP) is 2.02. The van der Waals surface area contributed by atoms with E-state index in [4.69, 9.17) is 15.6 Å². The molecule has 1 saturated heterocycles. The molecule has 298 valence electrons. The lowest BCUT2D eigenvalue weighted by Crippen LogP contribution is -2.58. The SMILES string of the molecule is NCC(=O)N[C@H](Cc1ccc(O)cc1)C(=O)N1CCC[C@@H]1C(=O)N[C@H](Cc1c[nH]c2ccccc12)C(=O)N[C@@H](Cc1ccccc1)C(=O)O.O=C(O)C(F)(F)F. The Kier molecular flexibility index (Phi) is 14.5. The Bertz CT molecular complexity index is 2010. The molecule has 18 heteroatoms. The number of likely N-dealkylation sites (tertiary alicyclic amines) is 1. The number of halogens is 3. The van der Waals surface area contributed by atoms with Gasteiger partial charge < -0.3 is 46.9 Å². The van der Waals surface area contributed by atoms with Crippen molar-refractivity contribution in [3.63, 3.8) is 0 Å². The molecule has 3 aromatic carbocycles. The van der Waals surface area contributed by atoms with E-state index in [-0.39, 0.29) is 38.1 Å². The molecule has 56 heavy (non-hydrogen) atoms. The van der Waals surface area contributed by atoms with Gasteiger partial charge >= 0.3 is 18.1 Å². The fourth-order valence-corrected chi connectivity index (χ4v) is 6.14. The van der Waals surface area contributed by atoms with E-state index >= 15 is 0 Å². The third kappa shape index (κ3) is 11.8. The monoisotopic (exact) mass is 782 g/mol. The van der Waals surface area contributed by atoms with Crippen molar-refractivity contribution in [2.24, 2.45) is 5.73 Å². The number of phenolic OH excluding ortho intramolecular Hbond substituents is 1. The van der Waals surface area contributed by atoms with Crippen molar-refractivity contribution in [1.82, 2.24) is 25.8 Å². The molecule has 4 amide bonds. The molecule has 0 saturated carbocycles. The summed E-state index contributed by atoms with van der Waals surface area (Å²) in [5.74, 6) is -6.22. The van der Waals surface area contributed by atoms with Crippen molar-refractivity contribution in [2.45, 2.75) is 62.4 Å². The second-order valence-corrected chi connectivity index (χ2v) is 12.9. The van der Waals surface area contributed by atoms with Gasteiger partial charge in [0.25, 0.3) is 0 Å². The van der Waals surface area contributed by atoms with Gasteiger partial charge in [0, 0.05) is 42.9 Å². The van der Waals surface area contributed by atoms with Gasteiger partial charge in [0.2, 0.25) is 23.6 Å². The minimum absolute atomic E-state index is 0.0392. The van der Waals surface area contributed by atoms with Crippen LogP contribution in [-0.2, 0) is 48.0 Å². The van der Waals surface area contributed by atoms with Gasteiger partial charge in [-0.15, -0.1) is 0 Å². The summed E-state index contributed by atoms with van der Waals surface area (Å²) in [4.78, 5) is 79.6. The highest BCUT2D eigenvalue weighted by Crippen LogP contribution is 2.23. The van der Waals surface area contributed by atoms with Crippen LogP contribution in [0, 0.1) is 0 Å². The highest BCUT2D eigenvalue weighted by atomic mass is 19.4. The largest absolute Gasteiger partial charge is 0.508 e. The number of hydrogen-bond donors (Lipinski definition) is 8. The van der Waals surface area contributed by atoms with Crippen molar-refractivity contribution in [3.05, 3.63) is 102 Å². The van der Waals surface area contributed by atoms with Crippen LogP contribution in [0.1, 0.15) is 29.5 Å². The van der Waals surface area contributed by atoms with Crippen molar-refractivity contribution >= 4 is 46.5 Å². The standard InChI is InChI=1S/C36H40N6O7.C2HF3O2/c37-20-32(44)39-29(17-23-12-14-25(43)15-13-23)35(47)42-16-6-11-31(42)34(46)40-28(19-24-21-38-27-10-5-4-9-26(24)27)33(45)41-30(36(48)49)18-22-7-2-1-3-8-22;3-2(4,5)1(6)7/h1-5,7-10,12-15,21,28-31,38,43H,6,11,16-20,37H2,(H,39,44)(H,40,46)(H,41,45)(H,48,49);(H,6,7)/t28-,29-,30+,31-;/m1./s1. The number of nitrogens with one attached hydrogen (secondary N) is 4.